The third-order valence-corrected chi connectivity index (χ3v) is 8.79. The molecule has 0 bridgehead atoms. The number of carbonyl (C=O) groups is 9. The third kappa shape index (κ3) is 21.4. The second kappa shape index (κ2) is 27.1. The van der Waals surface area contributed by atoms with Crippen molar-refractivity contribution in [2.24, 2.45) is 0 Å². The molecule has 0 saturated carbocycles. The molecule has 21 nitrogen and oxygen atoms in total. The molecule has 2 aromatic rings. The maximum atomic E-state index is 13.2. The first-order chi connectivity index (χ1) is 29.8. The summed E-state index contributed by atoms with van der Waals surface area (Å²) in [7, 11) is 2.38. The minimum atomic E-state index is -0.848. The highest BCUT2D eigenvalue weighted by atomic mass is 16.6. The van der Waals surface area contributed by atoms with Crippen molar-refractivity contribution < 1.29 is 67.6 Å². The van der Waals surface area contributed by atoms with Gasteiger partial charge in [-0.3, -0.25) is 34.2 Å². The van der Waals surface area contributed by atoms with E-state index in [1.54, 1.807) is 32.9 Å². The summed E-state index contributed by atoms with van der Waals surface area (Å²) in [5.41, 5.74) is 4.66. The van der Waals surface area contributed by atoms with Crippen molar-refractivity contribution in [3.05, 3.63) is 58.7 Å². The first kappa shape index (κ1) is 52.2. The molecule has 0 aliphatic rings. The standard InChI is InChI=1S/C42H59N7O14/c1-42(2,3)63-41(60)48-47-37(56)13-8-14-38(57)49(21-19-43-33(52)9-6-11-35(54)45-25-27-15-17-29(31(50)23-27)39(58)61-4)22-20-44-34(53)10-7-12-36(55)46-26-28-16-18-30(32(51)24-28)40(59)62-5/h15-18,23-24,50-51H,6-14,19-22,25-26H2,1-5H3,(H,43,52)(H,44,53)(H,45,54)(H,46,55)(H,47,56)(H,48,60). The number of hydrazine groups is 1. The van der Waals surface area contributed by atoms with Crippen LogP contribution in [0.2, 0.25) is 0 Å². The van der Waals surface area contributed by atoms with Gasteiger partial charge < -0.3 is 50.6 Å². The van der Waals surface area contributed by atoms with Gasteiger partial charge in [0.05, 0.1) is 14.2 Å². The molecular formula is C42H59N7O14. The number of nitrogens with zero attached hydrogens (tertiary/aromatic N) is 1. The minimum Gasteiger partial charge on any atom is -0.507 e. The SMILES string of the molecule is COC(=O)c1ccc(CNC(=O)CCCC(=O)NCCN(CCNC(=O)CCCC(=O)NCc2ccc(C(=O)OC)c(O)c2)C(=O)CCCC(=O)NNC(=O)OC(C)(C)C)cc1O. The lowest BCUT2D eigenvalue weighted by Crippen LogP contribution is -2.44. The Morgan fingerprint density at radius 2 is 0.952 bits per heavy atom. The number of esters is 2. The van der Waals surface area contributed by atoms with E-state index < -0.39 is 29.5 Å². The summed E-state index contributed by atoms with van der Waals surface area (Å²) < 4.78 is 14.2. The molecule has 0 saturated heterocycles. The maximum absolute atomic E-state index is 13.2. The molecule has 0 atom stereocenters. The Labute approximate surface area is 365 Å². The van der Waals surface area contributed by atoms with Gasteiger partial charge in [-0.25, -0.2) is 19.8 Å². The summed E-state index contributed by atoms with van der Waals surface area (Å²) in [5.74, 6) is -4.27. The van der Waals surface area contributed by atoms with Gasteiger partial charge in [0, 0.05) is 77.8 Å². The van der Waals surface area contributed by atoms with Crippen LogP contribution in [0.15, 0.2) is 36.4 Å². The Bertz CT molecular complexity index is 1830. The van der Waals surface area contributed by atoms with Crippen molar-refractivity contribution in [3.63, 3.8) is 0 Å². The predicted molar refractivity (Wildman–Crippen MR) is 224 cm³/mol. The predicted octanol–water partition coefficient (Wildman–Crippen LogP) is 1.73. The number of rotatable bonds is 24. The molecular weight excluding hydrogens is 826 g/mol. The number of phenols is 2. The molecule has 346 valence electrons. The van der Waals surface area contributed by atoms with Crippen LogP contribution >= 0.6 is 0 Å². The number of methoxy groups -OCH3 is 2. The zero-order valence-corrected chi connectivity index (χ0v) is 36.3. The van der Waals surface area contributed by atoms with Crippen LogP contribution < -0.4 is 32.1 Å². The highest BCUT2D eigenvalue weighted by Gasteiger charge is 2.19. The molecule has 8 N–H and O–H groups in total. The quantitative estimate of drug-likeness (QED) is 0.0423. The summed E-state index contributed by atoms with van der Waals surface area (Å²) >= 11 is 0. The zero-order chi connectivity index (χ0) is 47.0. The lowest BCUT2D eigenvalue weighted by atomic mass is 10.1. The maximum Gasteiger partial charge on any atom is 0.426 e. The fraction of sp³-hybridized carbons (Fsp3) is 0.500. The topological polar surface area (TPSA) is 297 Å². The van der Waals surface area contributed by atoms with Crippen molar-refractivity contribution in [1.82, 2.24) is 37.0 Å². The van der Waals surface area contributed by atoms with Gasteiger partial charge in [-0.15, -0.1) is 0 Å². The van der Waals surface area contributed by atoms with Gasteiger partial charge in [0.15, 0.2) is 0 Å². The molecule has 0 aromatic heterocycles. The number of phenolic OH excluding ortho intramolecular Hbond substituents is 2. The number of nitrogens with one attached hydrogen (secondary N) is 6. The molecule has 63 heavy (non-hydrogen) atoms. The molecule has 0 heterocycles. The second-order valence-corrected chi connectivity index (χ2v) is 15.1. The van der Waals surface area contributed by atoms with E-state index in [4.69, 9.17) is 4.74 Å². The summed E-state index contributed by atoms with van der Waals surface area (Å²) in [6.45, 7) is 5.40. The van der Waals surface area contributed by atoms with Crippen LogP contribution in [0.25, 0.3) is 0 Å². The van der Waals surface area contributed by atoms with Crippen LogP contribution in [0.4, 0.5) is 4.79 Å². The number of amides is 7. The average molecular weight is 886 g/mol. The smallest absolute Gasteiger partial charge is 0.426 e. The number of aromatic hydroxyl groups is 2. The van der Waals surface area contributed by atoms with Crippen molar-refractivity contribution in [1.29, 1.82) is 0 Å². The van der Waals surface area contributed by atoms with E-state index in [1.165, 1.54) is 43.4 Å². The van der Waals surface area contributed by atoms with Crippen LogP contribution in [0.1, 0.15) is 110 Å². The van der Waals surface area contributed by atoms with Crippen molar-refractivity contribution in [2.45, 2.75) is 97.2 Å². The Morgan fingerprint density at radius 3 is 1.35 bits per heavy atom. The number of benzene rings is 2. The van der Waals surface area contributed by atoms with Crippen LogP contribution in [0, 0.1) is 0 Å². The van der Waals surface area contributed by atoms with E-state index in [-0.39, 0.29) is 149 Å². The van der Waals surface area contributed by atoms with Crippen molar-refractivity contribution in [2.75, 3.05) is 40.4 Å². The molecule has 0 fully saturated rings. The first-order valence-electron chi connectivity index (χ1n) is 20.2. The molecule has 2 aromatic carbocycles. The van der Waals surface area contributed by atoms with E-state index in [9.17, 15) is 53.4 Å². The Kier molecular flexibility index (Phi) is 22.5. The highest BCUT2D eigenvalue weighted by molar-refractivity contribution is 5.93. The lowest BCUT2D eigenvalue weighted by Gasteiger charge is -2.23. The molecule has 0 aliphatic heterocycles. The number of ether oxygens (including phenoxy) is 3. The van der Waals surface area contributed by atoms with E-state index in [0.29, 0.717) is 11.1 Å². The summed E-state index contributed by atoms with van der Waals surface area (Å²) in [5, 5.41) is 30.9. The second-order valence-electron chi connectivity index (χ2n) is 15.1. The zero-order valence-electron chi connectivity index (χ0n) is 36.3. The molecule has 7 amide bonds. The van der Waals surface area contributed by atoms with Crippen LogP contribution in [-0.4, -0.2) is 115 Å². The van der Waals surface area contributed by atoms with E-state index in [1.807, 2.05) is 0 Å². The van der Waals surface area contributed by atoms with Gasteiger partial charge in [-0.1, -0.05) is 12.1 Å². The fourth-order valence-corrected chi connectivity index (χ4v) is 5.58. The molecule has 0 radical (unpaired) electrons. The highest BCUT2D eigenvalue weighted by Crippen LogP contribution is 2.21. The van der Waals surface area contributed by atoms with Gasteiger partial charge in [0.1, 0.15) is 28.2 Å². The fourth-order valence-electron chi connectivity index (χ4n) is 5.58. The lowest BCUT2D eigenvalue weighted by molar-refractivity contribution is -0.132. The molecule has 0 unspecified atom stereocenters. The molecule has 0 spiro atoms. The van der Waals surface area contributed by atoms with Gasteiger partial charge in [-0.2, -0.15) is 0 Å². The Balaban J connectivity index is 1.81. The minimum absolute atomic E-state index is 0.00942. The van der Waals surface area contributed by atoms with Gasteiger partial charge in [0.2, 0.25) is 35.4 Å². The van der Waals surface area contributed by atoms with Crippen molar-refractivity contribution in [3.8, 4) is 11.5 Å². The average Bonchev–Trinajstić information content (AvgIpc) is 3.22. The third-order valence-electron chi connectivity index (χ3n) is 8.79. The summed E-state index contributed by atoms with van der Waals surface area (Å²) in [6.07, 6.45) is -0.323. The molecule has 2 rings (SSSR count). The van der Waals surface area contributed by atoms with Crippen LogP contribution in [0.3, 0.4) is 0 Å². The molecule has 21 heteroatoms. The van der Waals surface area contributed by atoms with Gasteiger partial charge >= 0.3 is 18.0 Å². The normalized spacial score (nSPS) is 10.7. The first-order valence-corrected chi connectivity index (χ1v) is 20.2. The van der Waals surface area contributed by atoms with Crippen LogP contribution in [0.5, 0.6) is 11.5 Å². The monoisotopic (exact) mass is 885 g/mol. The summed E-state index contributed by atoms with van der Waals surface area (Å²) in [6, 6.07) is 8.56. The van der Waals surface area contributed by atoms with E-state index in [0.717, 1.165) is 0 Å². The van der Waals surface area contributed by atoms with Gasteiger partial charge in [-0.05, 0) is 75.4 Å². The largest absolute Gasteiger partial charge is 0.507 e. The Morgan fingerprint density at radius 1 is 0.556 bits per heavy atom. The number of hydrogen-bond donors (Lipinski definition) is 8. The van der Waals surface area contributed by atoms with E-state index in [2.05, 4.69) is 41.6 Å². The Hall–Kier alpha value is -6.93. The van der Waals surface area contributed by atoms with E-state index >= 15 is 0 Å². The van der Waals surface area contributed by atoms with Crippen molar-refractivity contribution >= 4 is 53.5 Å². The number of carbonyl (C=O) groups excluding carboxylic acids is 9. The summed E-state index contributed by atoms with van der Waals surface area (Å²) in [4.78, 5) is 112. The number of hydrogen-bond acceptors (Lipinski definition) is 14. The molecule has 0 aliphatic carbocycles. The van der Waals surface area contributed by atoms with Gasteiger partial charge in [0.25, 0.3) is 0 Å². The van der Waals surface area contributed by atoms with Crippen LogP contribution in [-0.2, 0) is 56.1 Å².